The van der Waals surface area contributed by atoms with Gasteiger partial charge in [0.2, 0.25) is 5.91 Å². The summed E-state index contributed by atoms with van der Waals surface area (Å²) in [5, 5.41) is 0.901. The second-order valence-electron chi connectivity index (χ2n) is 7.22. The number of aromatic nitrogens is 1. The highest BCUT2D eigenvalue weighted by molar-refractivity contribution is 5.91. The highest BCUT2D eigenvalue weighted by Crippen LogP contribution is 2.31. The van der Waals surface area contributed by atoms with Crippen LogP contribution in [0.1, 0.15) is 37.1 Å². The molecule has 1 atom stereocenters. The van der Waals surface area contributed by atoms with Crippen LogP contribution in [0.2, 0.25) is 0 Å². The molecule has 0 bridgehead atoms. The summed E-state index contributed by atoms with van der Waals surface area (Å²) in [5.74, 6) is -0.207. The first-order valence-electron chi connectivity index (χ1n) is 10.2. The number of primary amides is 1. The number of ether oxygens (including phenoxy) is 2. The van der Waals surface area contributed by atoms with Gasteiger partial charge in [-0.15, -0.1) is 0 Å². The third-order valence-electron chi connectivity index (χ3n) is 5.16. The number of esters is 1. The number of nitrogens with two attached hydrogens (primary N) is 1. The van der Waals surface area contributed by atoms with E-state index in [-0.39, 0.29) is 18.3 Å². The topological polar surface area (TPSA) is 83.6 Å². The lowest BCUT2D eigenvalue weighted by Crippen LogP contribution is -2.28. The van der Waals surface area contributed by atoms with E-state index in [1.165, 1.54) is 0 Å². The van der Waals surface area contributed by atoms with Gasteiger partial charge in [0.15, 0.2) is 6.10 Å². The molecule has 6 heteroatoms. The fraction of sp³-hybridized carbons (Fsp3) is 0.333. The number of carbonyl (C=O) groups excluding carboxylic acids is 2. The first kappa shape index (κ1) is 21.4. The molecule has 0 aliphatic heterocycles. The number of fused-ring (bicyclic) bond motifs is 1. The van der Waals surface area contributed by atoms with Crippen LogP contribution >= 0.6 is 0 Å². The Labute approximate surface area is 176 Å². The highest BCUT2D eigenvalue weighted by Gasteiger charge is 2.21. The van der Waals surface area contributed by atoms with Crippen LogP contribution in [0.25, 0.3) is 10.9 Å². The summed E-state index contributed by atoms with van der Waals surface area (Å²) >= 11 is 0. The molecule has 2 aromatic carbocycles. The molecule has 0 aliphatic carbocycles. The Morgan fingerprint density at radius 1 is 1.10 bits per heavy atom. The van der Waals surface area contributed by atoms with Crippen LogP contribution in [-0.2, 0) is 27.3 Å². The minimum absolute atomic E-state index is 0.142. The number of nitrogens with zero attached hydrogens (tertiary/aromatic N) is 1. The first-order chi connectivity index (χ1) is 14.4. The second-order valence-corrected chi connectivity index (χ2v) is 7.22. The molecule has 158 valence electrons. The Morgan fingerprint density at radius 2 is 1.83 bits per heavy atom. The molecule has 1 aromatic heterocycles. The predicted molar refractivity (Wildman–Crippen MR) is 116 cm³/mol. The monoisotopic (exact) mass is 408 g/mol. The SMILES string of the molecule is CCOC(=O)C(CC)Oc1ccc2c(c1)c(CC(N)=O)c(C)n2Cc1ccccc1. The maximum atomic E-state index is 12.1. The predicted octanol–water partition coefficient (Wildman–Crippen LogP) is 3.75. The van der Waals surface area contributed by atoms with Crippen molar-refractivity contribution in [1.82, 2.24) is 4.57 Å². The van der Waals surface area contributed by atoms with Crippen molar-refractivity contribution in [2.45, 2.75) is 46.3 Å². The molecule has 2 N–H and O–H groups in total. The Morgan fingerprint density at radius 3 is 2.47 bits per heavy atom. The van der Waals surface area contributed by atoms with Gasteiger partial charge in [-0.3, -0.25) is 4.79 Å². The third kappa shape index (κ3) is 4.64. The van der Waals surface area contributed by atoms with Crippen LogP contribution in [0, 0.1) is 6.92 Å². The van der Waals surface area contributed by atoms with Crippen LogP contribution < -0.4 is 10.5 Å². The molecule has 3 aromatic rings. The van der Waals surface area contributed by atoms with E-state index in [0.717, 1.165) is 27.7 Å². The van der Waals surface area contributed by atoms with E-state index in [0.29, 0.717) is 25.3 Å². The van der Waals surface area contributed by atoms with Crippen molar-refractivity contribution in [2.75, 3.05) is 6.61 Å². The van der Waals surface area contributed by atoms with Gasteiger partial charge in [0.05, 0.1) is 13.0 Å². The summed E-state index contributed by atoms with van der Waals surface area (Å²) in [7, 11) is 0. The zero-order valence-corrected chi connectivity index (χ0v) is 17.7. The lowest BCUT2D eigenvalue weighted by Gasteiger charge is -2.16. The van der Waals surface area contributed by atoms with E-state index in [1.807, 2.05) is 50.2 Å². The number of amides is 1. The number of carbonyl (C=O) groups is 2. The van der Waals surface area contributed by atoms with Gasteiger partial charge in [-0.1, -0.05) is 37.3 Å². The number of hydrogen-bond donors (Lipinski definition) is 1. The quantitative estimate of drug-likeness (QED) is 0.547. The van der Waals surface area contributed by atoms with E-state index >= 15 is 0 Å². The van der Waals surface area contributed by atoms with Crippen LogP contribution in [-0.4, -0.2) is 29.2 Å². The lowest BCUT2D eigenvalue weighted by molar-refractivity contribution is -0.151. The van der Waals surface area contributed by atoms with Gasteiger partial charge in [0.1, 0.15) is 5.75 Å². The molecule has 0 saturated heterocycles. The molecule has 6 nitrogen and oxygen atoms in total. The van der Waals surface area contributed by atoms with E-state index in [1.54, 1.807) is 6.92 Å². The second kappa shape index (κ2) is 9.48. The Balaban J connectivity index is 2.02. The van der Waals surface area contributed by atoms with E-state index in [9.17, 15) is 9.59 Å². The normalized spacial score (nSPS) is 12.0. The molecule has 30 heavy (non-hydrogen) atoms. The Hall–Kier alpha value is -3.28. The van der Waals surface area contributed by atoms with Gasteiger partial charge in [-0.25, -0.2) is 4.79 Å². The van der Waals surface area contributed by atoms with Gasteiger partial charge in [0.25, 0.3) is 0 Å². The molecule has 0 fully saturated rings. The smallest absolute Gasteiger partial charge is 0.347 e. The van der Waals surface area contributed by atoms with E-state index in [4.69, 9.17) is 15.2 Å². The van der Waals surface area contributed by atoms with Gasteiger partial charge >= 0.3 is 5.97 Å². The molecule has 1 amide bonds. The summed E-state index contributed by atoms with van der Waals surface area (Å²) in [6, 6.07) is 15.8. The van der Waals surface area contributed by atoms with E-state index < -0.39 is 6.10 Å². The summed E-state index contributed by atoms with van der Waals surface area (Å²) in [6.45, 7) is 6.63. The molecule has 0 aliphatic rings. The third-order valence-corrected chi connectivity index (χ3v) is 5.16. The zero-order chi connectivity index (χ0) is 21.7. The molecule has 1 heterocycles. The van der Waals surface area contributed by atoms with Gasteiger partial charge in [-0.05, 0) is 49.6 Å². The molecule has 0 saturated carbocycles. The maximum absolute atomic E-state index is 12.1. The van der Waals surface area contributed by atoms with Crippen molar-refractivity contribution in [3.63, 3.8) is 0 Å². The lowest BCUT2D eigenvalue weighted by atomic mass is 10.1. The van der Waals surface area contributed by atoms with Crippen LogP contribution in [0.15, 0.2) is 48.5 Å². The van der Waals surface area contributed by atoms with E-state index in [2.05, 4.69) is 16.7 Å². The standard InChI is InChI=1S/C24H28N2O4/c1-4-22(24(28)29-5-2)30-18-11-12-21-20(13-18)19(14-23(25)27)16(3)26(21)15-17-9-7-6-8-10-17/h6-13,22H,4-5,14-15H2,1-3H3,(H2,25,27). The van der Waals surface area contributed by atoms with Crippen molar-refractivity contribution in [3.05, 3.63) is 65.4 Å². The minimum atomic E-state index is -0.672. The van der Waals surface area contributed by atoms with Gasteiger partial charge in [0, 0.05) is 23.1 Å². The van der Waals surface area contributed by atoms with Crippen LogP contribution in [0.4, 0.5) is 0 Å². The first-order valence-corrected chi connectivity index (χ1v) is 10.2. The van der Waals surface area contributed by atoms with Crippen molar-refractivity contribution in [3.8, 4) is 5.75 Å². The van der Waals surface area contributed by atoms with Gasteiger partial charge in [-0.2, -0.15) is 0 Å². The number of benzene rings is 2. The Bertz CT molecular complexity index is 1040. The molecular formula is C24H28N2O4. The highest BCUT2D eigenvalue weighted by atomic mass is 16.6. The van der Waals surface area contributed by atoms with Crippen molar-refractivity contribution in [1.29, 1.82) is 0 Å². The Kier molecular flexibility index (Phi) is 6.77. The summed E-state index contributed by atoms with van der Waals surface area (Å²) in [6.07, 6.45) is -0.0312. The average molecular weight is 408 g/mol. The van der Waals surface area contributed by atoms with Crippen LogP contribution in [0.5, 0.6) is 5.75 Å². The van der Waals surface area contributed by atoms with Gasteiger partial charge < -0.3 is 19.8 Å². The molecule has 3 rings (SSSR count). The number of hydrogen-bond acceptors (Lipinski definition) is 4. The van der Waals surface area contributed by atoms with Crippen molar-refractivity contribution < 1.29 is 19.1 Å². The average Bonchev–Trinajstić information content (AvgIpc) is 2.98. The molecule has 0 spiro atoms. The summed E-state index contributed by atoms with van der Waals surface area (Å²) in [5.41, 5.74) is 9.54. The minimum Gasteiger partial charge on any atom is -0.479 e. The molecule has 1 unspecified atom stereocenters. The zero-order valence-electron chi connectivity index (χ0n) is 17.7. The summed E-state index contributed by atoms with van der Waals surface area (Å²) in [4.78, 5) is 23.8. The number of rotatable bonds is 9. The molecular weight excluding hydrogens is 380 g/mol. The van der Waals surface area contributed by atoms with Crippen molar-refractivity contribution >= 4 is 22.8 Å². The maximum Gasteiger partial charge on any atom is 0.347 e. The fourth-order valence-corrected chi connectivity index (χ4v) is 3.67. The summed E-state index contributed by atoms with van der Waals surface area (Å²) < 4.78 is 13.2. The van der Waals surface area contributed by atoms with Crippen LogP contribution in [0.3, 0.4) is 0 Å². The van der Waals surface area contributed by atoms with Crippen molar-refractivity contribution in [2.24, 2.45) is 5.73 Å². The fourth-order valence-electron chi connectivity index (χ4n) is 3.67. The molecule has 0 radical (unpaired) electrons. The largest absolute Gasteiger partial charge is 0.479 e.